The number of rotatable bonds is 7. The van der Waals surface area contributed by atoms with Crippen molar-refractivity contribution in [2.24, 2.45) is 0 Å². The molecule has 0 bridgehead atoms. The highest BCUT2D eigenvalue weighted by molar-refractivity contribution is 6.41. The Morgan fingerprint density at radius 2 is 1.77 bits per heavy atom. The molecule has 1 heterocycles. The van der Waals surface area contributed by atoms with Gasteiger partial charge in [0, 0.05) is 11.9 Å². The Morgan fingerprint density at radius 3 is 2.43 bits per heavy atom. The quantitative estimate of drug-likeness (QED) is 0.402. The lowest BCUT2D eigenvalue weighted by Crippen LogP contribution is -2.30. The van der Waals surface area contributed by atoms with Gasteiger partial charge in [0.1, 0.15) is 17.5 Å². The number of amides is 1. The summed E-state index contributed by atoms with van der Waals surface area (Å²) in [6, 6.07) is 18.0. The zero-order chi connectivity index (χ0) is 21.5. The molecule has 0 saturated heterocycles. The lowest BCUT2D eigenvalue weighted by atomic mass is 10.2. The zero-order valence-electron chi connectivity index (χ0n) is 16.0. The number of ether oxygens (including phenoxy) is 2. The molecule has 3 rings (SSSR count). The molecule has 0 aliphatic carbocycles. The number of esters is 1. The fourth-order valence-corrected chi connectivity index (χ4v) is 2.70. The van der Waals surface area contributed by atoms with Crippen LogP contribution in [0.2, 0.25) is 10.2 Å². The SMILES string of the molecule is CC(OC(=O)c1cnc(Cl)c(Cl)c1)C(=O)Nc1ccc(OCc2ccccc2)cc1. The number of benzene rings is 2. The van der Waals surface area contributed by atoms with Crippen molar-refractivity contribution >= 4 is 40.8 Å². The normalized spacial score (nSPS) is 11.4. The average Bonchev–Trinajstić information content (AvgIpc) is 2.75. The number of aromatic nitrogens is 1. The second-order valence-corrected chi connectivity index (χ2v) is 7.10. The topological polar surface area (TPSA) is 77.5 Å². The smallest absolute Gasteiger partial charge is 0.340 e. The minimum absolute atomic E-state index is 0.0789. The number of halogens is 2. The Kier molecular flexibility index (Phi) is 7.27. The van der Waals surface area contributed by atoms with Crippen LogP contribution in [0.15, 0.2) is 66.9 Å². The summed E-state index contributed by atoms with van der Waals surface area (Å²) in [5.41, 5.74) is 1.71. The van der Waals surface area contributed by atoms with Crippen LogP contribution in [0.25, 0.3) is 0 Å². The predicted octanol–water partition coefficient (Wildman–Crippen LogP) is 5.15. The monoisotopic (exact) mass is 444 g/mol. The van der Waals surface area contributed by atoms with E-state index >= 15 is 0 Å². The van der Waals surface area contributed by atoms with Gasteiger partial charge in [-0.25, -0.2) is 9.78 Å². The van der Waals surface area contributed by atoms with E-state index in [1.165, 1.54) is 19.2 Å². The van der Waals surface area contributed by atoms with Crippen LogP contribution >= 0.6 is 23.2 Å². The number of carbonyl (C=O) groups is 2. The second kappa shape index (κ2) is 10.1. The van der Waals surface area contributed by atoms with Crippen LogP contribution in [0.1, 0.15) is 22.8 Å². The third-order valence-corrected chi connectivity index (χ3v) is 4.74. The molecule has 1 unspecified atom stereocenters. The number of pyridine rings is 1. The van der Waals surface area contributed by atoms with Gasteiger partial charge in [0.05, 0.1) is 10.6 Å². The van der Waals surface area contributed by atoms with E-state index in [2.05, 4.69) is 10.3 Å². The molecule has 8 heteroatoms. The standard InChI is InChI=1S/C22H18Cl2N2O4/c1-14(30-22(28)16-11-19(23)20(24)25-12-16)21(27)26-17-7-9-18(10-8-17)29-13-15-5-3-2-4-6-15/h2-12,14H,13H2,1H3,(H,26,27). The van der Waals surface area contributed by atoms with Crippen molar-refractivity contribution in [2.75, 3.05) is 5.32 Å². The van der Waals surface area contributed by atoms with Gasteiger partial charge < -0.3 is 14.8 Å². The van der Waals surface area contributed by atoms with E-state index in [4.69, 9.17) is 32.7 Å². The molecule has 0 saturated carbocycles. The molecule has 154 valence electrons. The first-order valence-electron chi connectivity index (χ1n) is 9.02. The molecule has 0 radical (unpaired) electrons. The predicted molar refractivity (Wildman–Crippen MR) is 115 cm³/mol. The molecule has 0 aliphatic heterocycles. The molecule has 0 spiro atoms. The van der Waals surface area contributed by atoms with Crippen LogP contribution in [-0.4, -0.2) is 23.0 Å². The van der Waals surface area contributed by atoms with Crippen molar-refractivity contribution in [1.29, 1.82) is 0 Å². The van der Waals surface area contributed by atoms with E-state index < -0.39 is 18.0 Å². The molecule has 1 amide bonds. The molecule has 0 fully saturated rings. The van der Waals surface area contributed by atoms with Crippen molar-refractivity contribution in [2.45, 2.75) is 19.6 Å². The van der Waals surface area contributed by atoms with Gasteiger partial charge >= 0.3 is 5.97 Å². The third-order valence-electron chi connectivity index (χ3n) is 4.06. The van der Waals surface area contributed by atoms with Crippen molar-refractivity contribution in [3.8, 4) is 5.75 Å². The molecule has 1 atom stereocenters. The molecule has 1 N–H and O–H groups in total. The summed E-state index contributed by atoms with van der Waals surface area (Å²) in [7, 11) is 0. The minimum atomic E-state index is -1.03. The molecule has 3 aromatic rings. The van der Waals surface area contributed by atoms with Gasteiger partial charge in [-0.15, -0.1) is 0 Å². The molecular weight excluding hydrogens is 427 g/mol. The summed E-state index contributed by atoms with van der Waals surface area (Å²) < 4.78 is 10.9. The summed E-state index contributed by atoms with van der Waals surface area (Å²) in [6.45, 7) is 1.92. The molecule has 0 aliphatic rings. The van der Waals surface area contributed by atoms with Crippen LogP contribution < -0.4 is 10.1 Å². The first-order chi connectivity index (χ1) is 14.4. The van der Waals surface area contributed by atoms with Gasteiger partial charge in [0.2, 0.25) is 0 Å². The highest BCUT2D eigenvalue weighted by Crippen LogP contribution is 2.21. The number of nitrogens with one attached hydrogen (secondary N) is 1. The van der Waals surface area contributed by atoms with Gasteiger partial charge in [0.25, 0.3) is 5.91 Å². The van der Waals surface area contributed by atoms with Crippen LogP contribution in [-0.2, 0) is 16.1 Å². The summed E-state index contributed by atoms with van der Waals surface area (Å²) in [5.74, 6) is -0.536. The molecular formula is C22H18Cl2N2O4. The average molecular weight is 445 g/mol. The number of carbonyl (C=O) groups excluding carboxylic acids is 2. The van der Waals surface area contributed by atoms with Crippen LogP contribution in [0.3, 0.4) is 0 Å². The largest absolute Gasteiger partial charge is 0.489 e. The summed E-state index contributed by atoms with van der Waals surface area (Å²) >= 11 is 11.6. The zero-order valence-corrected chi connectivity index (χ0v) is 17.5. The molecule has 6 nitrogen and oxygen atoms in total. The summed E-state index contributed by atoms with van der Waals surface area (Å²) in [6.07, 6.45) is 0.205. The van der Waals surface area contributed by atoms with E-state index in [1.54, 1.807) is 24.3 Å². The maximum Gasteiger partial charge on any atom is 0.340 e. The Balaban J connectivity index is 1.51. The van der Waals surface area contributed by atoms with Crippen molar-refractivity contribution in [1.82, 2.24) is 4.98 Å². The molecule has 1 aromatic heterocycles. The first-order valence-corrected chi connectivity index (χ1v) is 9.77. The van der Waals surface area contributed by atoms with E-state index in [9.17, 15) is 9.59 Å². The Morgan fingerprint density at radius 1 is 1.07 bits per heavy atom. The minimum Gasteiger partial charge on any atom is -0.489 e. The Hall–Kier alpha value is -3.09. The van der Waals surface area contributed by atoms with Gasteiger partial charge in [-0.1, -0.05) is 53.5 Å². The van der Waals surface area contributed by atoms with Crippen molar-refractivity contribution < 1.29 is 19.1 Å². The fraction of sp³-hybridized carbons (Fsp3) is 0.136. The van der Waals surface area contributed by atoms with Gasteiger partial charge in [0.15, 0.2) is 6.10 Å². The number of nitrogens with zero attached hydrogens (tertiary/aromatic N) is 1. The van der Waals surface area contributed by atoms with Gasteiger partial charge in [-0.05, 0) is 42.8 Å². The Labute approximate surface area is 183 Å². The van der Waals surface area contributed by atoms with E-state index in [-0.39, 0.29) is 15.7 Å². The van der Waals surface area contributed by atoms with Crippen LogP contribution in [0.5, 0.6) is 5.75 Å². The number of anilines is 1. The van der Waals surface area contributed by atoms with Gasteiger partial charge in [-0.3, -0.25) is 4.79 Å². The highest BCUT2D eigenvalue weighted by atomic mass is 35.5. The maximum atomic E-state index is 12.3. The first kappa shape index (κ1) is 21.6. The van der Waals surface area contributed by atoms with Crippen LogP contribution in [0, 0.1) is 0 Å². The van der Waals surface area contributed by atoms with E-state index in [1.807, 2.05) is 30.3 Å². The van der Waals surface area contributed by atoms with Gasteiger partial charge in [-0.2, -0.15) is 0 Å². The van der Waals surface area contributed by atoms with E-state index in [0.29, 0.717) is 18.0 Å². The summed E-state index contributed by atoms with van der Waals surface area (Å²) in [4.78, 5) is 28.2. The number of hydrogen-bond donors (Lipinski definition) is 1. The Bertz CT molecular complexity index is 1030. The summed E-state index contributed by atoms with van der Waals surface area (Å²) in [5, 5.41) is 2.89. The molecule has 2 aromatic carbocycles. The third kappa shape index (κ3) is 5.95. The van der Waals surface area contributed by atoms with Crippen LogP contribution in [0.4, 0.5) is 5.69 Å². The van der Waals surface area contributed by atoms with Crippen molar-refractivity contribution in [3.63, 3.8) is 0 Å². The molecule has 30 heavy (non-hydrogen) atoms. The highest BCUT2D eigenvalue weighted by Gasteiger charge is 2.20. The maximum absolute atomic E-state index is 12.3. The van der Waals surface area contributed by atoms with E-state index in [0.717, 1.165) is 5.56 Å². The second-order valence-electron chi connectivity index (χ2n) is 6.33. The van der Waals surface area contributed by atoms with Crippen molar-refractivity contribution in [3.05, 3.63) is 88.2 Å². The lowest BCUT2D eigenvalue weighted by molar-refractivity contribution is -0.123. The number of hydrogen-bond acceptors (Lipinski definition) is 5. The fourth-order valence-electron chi connectivity index (χ4n) is 2.43. The lowest BCUT2D eigenvalue weighted by Gasteiger charge is -2.14.